The fraction of sp³-hybridized carbons (Fsp3) is 0.467. The van der Waals surface area contributed by atoms with Crippen LogP contribution in [0, 0.1) is 18.8 Å². The van der Waals surface area contributed by atoms with E-state index in [0.717, 1.165) is 11.3 Å². The number of nitrogens with zero attached hydrogens (tertiary/aromatic N) is 1. The monoisotopic (exact) mass is 295 g/mol. The Balaban J connectivity index is 2.09. The second-order valence-electron chi connectivity index (χ2n) is 5.38. The van der Waals surface area contributed by atoms with Crippen LogP contribution in [0.3, 0.4) is 0 Å². The van der Waals surface area contributed by atoms with Gasteiger partial charge in [-0.3, -0.25) is 9.59 Å². The zero-order valence-corrected chi connectivity index (χ0v) is 12.4. The Bertz CT molecular complexity index is 544. The molecule has 1 aromatic rings. The molecule has 0 aromatic heterocycles. The molecule has 2 rings (SSSR count). The molecule has 0 bridgehead atoms. The molecule has 4 nitrogen and oxygen atoms in total. The van der Waals surface area contributed by atoms with E-state index in [1.54, 1.807) is 18.0 Å². The van der Waals surface area contributed by atoms with Gasteiger partial charge in [-0.15, -0.1) is 0 Å². The van der Waals surface area contributed by atoms with Gasteiger partial charge in [0.1, 0.15) is 0 Å². The van der Waals surface area contributed by atoms with E-state index < -0.39 is 5.97 Å². The first kappa shape index (κ1) is 14.9. The van der Waals surface area contributed by atoms with E-state index in [1.165, 1.54) is 0 Å². The van der Waals surface area contributed by atoms with Gasteiger partial charge in [0, 0.05) is 23.7 Å². The first-order chi connectivity index (χ1) is 9.40. The lowest BCUT2D eigenvalue weighted by Crippen LogP contribution is -2.32. The molecule has 0 radical (unpaired) electrons. The van der Waals surface area contributed by atoms with Crippen molar-refractivity contribution in [2.45, 2.75) is 26.2 Å². The van der Waals surface area contributed by atoms with Crippen LogP contribution in [-0.4, -0.2) is 24.0 Å². The Morgan fingerprint density at radius 3 is 2.50 bits per heavy atom. The SMILES string of the molecule is Cc1ccc(N(C)C(=O)[C@@H]2CC[C@H](C(=O)O)C2)cc1Cl. The fourth-order valence-electron chi connectivity index (χ4n) is 2.62. The topological polar surface area (TPSA) is 57.6 Å². The summed E-state index contributed by atoms with van der Waals surface area (Å²) in [5.74, 6) is -1.44. The number of benzene rings is 1. The van der Waals surface area contributed by atoms with Crippen molar-refractivity contribution in [3.8, 4) is 0 Å². The molecule has 2 atom stereocenters. The standard InChI is InChI=1S/C15H18ClNO3/c1-9-3-6-12(8-13(9)16)17(2)14(18)10-4-5-11(7-10)15(19)20/h3,6,8,10-11H,4-5,7H2,1-2H3,(H,19,20)/t10-,11+/m1/s1. The van der Waals surface area contributed by atoms with Crippen molar-refractivity contribution < 1.29 is 14.7 Å². The summed E-state index contributed by atoms with van der Waals surface area (Å²) in [6.07, 6.45) is 1.64. The summed E-state index contributed by atoms with van der Waals surface area (Å²) in [5, 5.41) is 9.62. The highest BCUT2D eigenvalue weighted by Gasteiger charge is 2.35. The second kappa shape index (κ2) is 5.83. The van der Waals surface area contributed by atoms with Crippen molar-refractivity contribution in [2.75, 3.05) is 11.9 Å². The molecule has 1 aliphatic rings. The van der Waals surface area contributed by atoms with Gasteiger partial charge < -0.3 is 10.0 Å². The van der Waals surface area contributed by atoms with Crippen LogP contribution in [0.25, 0.3) is 0 Å². The molecule has 1 saturated carbocycles. The van der Waals surface area contributed by atoms with Crippen LogP contribution in [0.4, 0.5) is 5.69 Å². The molecular weight excluding hydrogens is 278 g/mol. The molecule has 0 spiro atoms. The first-order valence-corrected chi connectivity index (χ1v) is 7.04. The second-order valence-corrected chi connectivity index (χ2v) is 5.78. The number of hydrogen-bond acceptors (Lipinski definition) is 2. The smallest absolute Gasteiger partial charge is 0.306 e. The van der Waals surface area contributed by atoms with Gasteiger partial charge in [-0.25, -0.2) is 0 Å². The minimum atomic E-state index is -0.804. The van der Waals surface area contributed by atoms with Crippen LogP contribution in [0.15, 0.2) is 18.2 Å². The summed E-state index contributed by atoms with van der Waals surface area (Å²) in [5.41, 5.74) is 1.70. The molecule has 108 valence electrons. The van der Waals surface area contributed by atoms with Crippen molar-refractivity contribution in [3.05, 3.63) is 28.8 Å². The van der Waals surface area contributed by atoms with Crippen LogP contribution in [-0.2, 0) is 9.59 Å². The third-order valence-electron chi connectivity index (χ3n) is 4.00. The summed E-state index contributed by atoms with van der Waals surface area (Å²) < 4.78 is 0. The number of amides is 1. The average molecular weight is 296 g/mol. The molecule has 1 N–H and O–H groups in total. The van der Waals surface area contributed by atoms with Gasteiger partial charge in [-0.2, -0.15) is 0 Å². The highest BCUT2D eigenvalue weighted by molar-refractivity contribution is 6.31. The molecule has 5 heteroatoms. The minimum Gasteiger partial charge on any atom is -0.481 e. The van der Waals surface area contributed by atoms with Crippen LogP contribution in [0.2, 0.25) is 5.02 Å². The van der Waals surface area contributed by atoms with Crippen molar-refractivity contribution in [2.24, 2.45) is 11.8 Å². The minimum absolute atomic E-state index is 0.0336. The number of anilines is 1. The van der Waals surface area contributed by atoms with Crippen molar-refractivity contribution >= 4 is 29.2 Å². The Morgan fingerprint density at radius 1 is 1.30 bits per heavy atom. The number of rotatable bonds is 3. The van der Waals surface area contributed by atoms with Gasteiger partial charge >= 0.3 is 5.97 Å². The lowest BCUT2D eigenvalue weighted by molar-refractivity contribution is -0.141. The maximum atomic E-state index is 12.4. The number of carbonyl (C=O) groups is 2. The van der Waals surface area contributed by atoms with Crippen LogP contribution in [0.5, 0.6) is 0 Å². The van der Waals surface area contributed by atoms with Gasteiger partial charge in [0.05, 0.1) is 5.92 Å². The maximum Gasteiger partial charge on any atom is 0.306 e. The molecule has 0 saturated heterocycles. The van der Waals surface area contributed by atoms with E-state index in [0.29, 0.717) is 24.3 Å². The van der Waals surface area contributed by atoms with Crippen LogP contribution < -0.4 is 4.90 Å². The van der Waals surface area contributed by atoms with Gasteiger partial charge in [0.15, 0.2) is 0 Å². The Morgan fingerprint density at radius 2 is 1.95 bits per heavy atom. The molecule has 1 aromatic carbocycles. The Hall–Kier alpha value is -1.55. The van der Waals surface area contributed by atoms with Crippen molar-refractivity contribution in [3.63, 3.8) is 0 Å². The van der Waals surface area contributed by atoms with E-state index in [1.807, 2.05) is 19.1 Å². The van der Waals surface area contributed by atoms with E-state index >= 15 is 0 Å². The third-order valence-corrected chi connectivity index (χ3v) is 4.41. The number of carboxylic acid groups (broad SMARTS) is 1. The molecule has 1 aliphatic carbocycles. The molecule has 0 unspecified atom stereocenters. The normalized spacial score (nSPS) is 21.8. The molecule has 1 amide bonds. The van der Waals surface area contributed by atoms with E-state index in [2.05, 4.69) is 0 Å². The third kappa shape index (κ3) is 2.96. The number of hydrogen-bond donors (Lipinski definition) is 1. The molecule has 20 heavy (non-hydrogen) atoms. The number of aliphatic carboxylic acids is 1. The lowest BCUT2D eigenvalue weighted by Gasteiger charge is -2.21. The molecule has 1 fully saturated rings. The highest BCUT2D eigenvalue weighted by atomic mass is 35.5. The number of halogens is 1. The van der Waals surface area contributed by atoms with Crippen molar-refractivity contribution in [1.82, 2.24) is 0 Å². The Labute approximate surface area is 123 Å². The number of carbonyl (C=O) groups excluding carboxylic acids is 1. The summed E-state index contributed by atoms with van der Waals surface area (Å²) in [6.45, 7) is 1.91. The molecular formula is C15H18ClNO3. The summed E-state index contributed by atoms with van der Waals surface area (Å²) in [7, 11) is 1.71. The van der Waals surface area contributed by atoms with Crippen LogP contribution in [0.1, 0.15) is 24.8 Å². The maximum absolute atomic E-state index is 12.4. The summed E-state index contributed by atoms with van der Waals surface area (Å²) in [4.78, 5) is 24.9. The first-order valence-electron chi connectivity index (χ1n) is 6.66. The highest BCUT2D eigenvalue weighted by Crippen LogP contribution is 2.33. The zero-order valence-electron chi connectivity index (χ0n) is 11.6. The summed E-state index contributed by atoms with van der Waals surface area (Å²) in [6, 6.07) is 5.48. The van der Waals surface area contributed by atoms with Gasteiger partial charge in [0.2, 0.25) is 5.91 Å². The Kier molecular flexibility index (Phi) is 4.33. The van der Waals surface area contributed by atoms with Gasteiger partial charge in [-0.1, -0.05) is 17.7 Å². The zero-order chi connectivity index (χ0) is 14.9. The van der Waals surface area contributed by atoms with E-state index in [4.69, 9.17) is 16.7 Å². The summed E-state index contributed by atoms with van der Waals surface area (Å²) >= 11 is 6.07. The van der Waals surface area contributed by atoms with Crippen molar-refractivity contribution in [1.29, 1.82) is 0 Å². The van der Waals surface area contributed by atoms with Crippen LogP contribution >= 0.6 is 11.6 Å². The predicted octanol–water partition coefficient (Wildman–Crippen LogP) is 3.11. The van der Waals surface area contributed by atoms with E-state index in [-0.39, 0.29) is 17.7 Å². The average Bonchev–Trinajstić information content (AvgIpc) is 2.90. The quantitative estimate of drug-likeness (QED) is 0.932. The number of carboxylic acids is 1. The number of aryl methyl sites for hydroxylation is 1. The molecule has 0 aliphatic heterocycles. The molecule has 0 heterocycles. The van der Waals surface area contributed by atoms with Gasteiger partial charge in [-0.05, 0) is 43.9 Å². The largest absolute Gasteiger partial charge is 0.481 e. The lowest BCUT2D eigenvalue weighted by atomic mass is 10.0. The fourth-order valence-corrected chi connectivity index (χ4v) is 2.80. The van der Waals surface area contributed by atoms with Gasteiger partial charge in [0.25, 0.3) is 0 Å². The predicted molar refractivity (Wildman–Crippen MR) is 78.1 cm³/mol. The van der Waals surface area contributed by atoms with E-state index in [9.17, 15) is 9.59 Å².